The number of esters is 2. The molecule has 0 bridgehead atoms. The van der Waals surface area contributed by atoms with Gasteiger partial charge >= 0.3 is 11.9 Å². The van der Waals surface area contributed by atoms with E-state index in [2.05, 4.69) is 10.3 Å². The van der Waals surface area contributed by atoms with E-state index < -0.39 is 30.4 Å². The van der Waals surface area contributed by atoms with Gasteiger partial charge in [-0.1, -0.05) is 29.5 Å². The molecule has 0 saturated heterocycles. The summed E-state index contributed by atoms with van der Waals surface area (Å²) in [5.41, 5.74) is 1.12. The van der Waals surface area contributed by atoms with Crippen molar-refractivity contribution < 1.29 is 38.1 Å². The molecule has 11 heteroatoms. The second-order valence-electron chi connectivity index (χ2n) is 7.54. The first-order valence-electron chi connectivity index (χ1n) is 10.4. The van der Waals surface area contributed by atoms with Crippen LogP contribution in [0.1, 0.15) is 40.3 Å². The minimum absolute atomic E-state index is 0.0282. The van der Waals surface area contributed by atoms with E-state index in [1.807, 2.05) is 0 Å². The van der Waals surface area contributed by atoms with Gasteiger partial charge in [0.1, 0.15) is 30.2 Å². The Labute approximate surface area is 193 Å². The summed E-state index contributed by atoms with van der Waals surface area (Å²) in [7, 11) is 0. The monoisotopic (exact) mass is 467 g/mol. The maximum absolute atomic E-state index is 12.8. The summed E-state index contributed by atoms with van der Waals surface area (Å²) in [4.78, 5) is 47.6. The molecule has 34 heavy (non-hydrogen) atoms. The number of allylic oxidation sites excluding steroid dienone is 2. The summed E-state index contributed by atoms with van der Waals surface area (Å²) < 4.78 is 22.8. The van der Waals surface area contributed by atoms with Gasteiger partial charge in [0.05, 0.1) is 12.8 Å². The third-order valence-electron chi connectivity index (χ3n) is 5.01. The number of nitrogens with zero attached hydrogens (tertiary/aromatic N) is 3. The van der Waals surface area contributed by atoms with Crippen molar-refractivity contribution >= 4 is 29.2 Å². The number of carbonyl (C=O) groups is 4. The zero-order valence-corrected chi connectivity index (χ0v) is 18.4. The van der Waals surface area contributed by atoms with E-state index in [0.717, 1.165) is 0 Å². The highest BCUT2D eigenvalue weighted by Gasteiger charge is 2.31. The molecule has 1 aliphatic carbocycles. The van der Waals surface area contributed by atoms with E-state index in [0.29, 0.717) is 16.8 Å². The third-order valence-corrected chi connectivity index (χ3v) is 5.01. The molecular formula is C23H21N3O8. The highest BCUT2D eigenvalue weighted by atomic mass is 16.7. The molecule has 1 aliphatic heterocycles. The molecule has 0 amide bonds. The van der Waals surface area contributed by atoms with Crippen LogP contribution in [-0.4, -0.2) is 63.6 Å². The lowest BCUT2D eigenvalue weighted by molar-refractivity contribution is -0.200. The Morgan fingerprint density at radius 1 is 1.09 bits per heavy atom. The zero-order chi connectivity index (χ0) is 24.2. The summed E-state index contributed by atoms with van der Waals surface area (Å²) in [6.07, 6.45) is 3.54. The number of ketones is 2. The van der Waals surface area contributed by atoms with Gasteiger partial charge in [0.25, 0.3) is 0 Å². The van der Waals surface area contributed by atoms with E-state index in [1.54, 1.807) is 36.4 Å². The van der Waals surface area contributed by atoms with Crippen molar-refractivity contribution in [3.8, 4) is 0 Å². The summed E-state index contributed by atoms with van der Waals surface area (Å²) >= 11 is 0. The van der Waals surface area contributed by atoms with Crippen LogP contribution in [0.5, 0.6) is 0 Å². The number of benzene rings is 1. The van der Waals surface area contributed by atoms with E-state index in [-0.39, 0.29) is 30.5 Å². The Kier molecular flexibility index (Phi) is 6.75. The van der Waals surface area contributed by atoms with Gasteiger partial charge in [0, 0.05) is 31.1 Å². The number of fused-ring (bicyclic) bond motifs is 1. The zero-order valence-electron chi connectivity index (χ0n) is 18.4. The summed E-state index contributed by atoms with van der Waals surface area (Å²) in [5, 5.41) is 7.93. The molecule has 0 unspecified atom stereocenters. The average molecular weight is 467 g/mol. The summed E-state index contributed by atoms with van der Waals surface area (Å²) in [6.45, 7) is 2.37. The van der Waals surface area contributed by atoms with Crippen LogP contribution in [0.3, 0.4) is 0 Å². The number of aromatic nitrogens is 3. The summed E-state index contributed by atoms with van der Waals surface area (Å²) in [6, 6.07) is 6.57. The fraction of sp³-hybridized carbons (Fsp3) is 0.304. The molecule has 4 rings (SSSR count). The molecule has 0 N–H and O–H groups in total. The lowest BCUT2D eigenvalue weighted by Gasteiger charge is -2.31. The van der Waals surface area contributed by atoms with Crippen LogP contribution in [-0.2, 0) is 35.1 Å². The minimum Gasteiger partial charge on any atom is -0.463 e. The van der Waals surface area contributed by atoms with Gasteiger partial charge in [-0.05, 0) is 12.2 Å². The Bertz CT molecular complexity index is 1200. The van der Waals surface area contributed by atoms with Crippen LogP contribution in [0.15, 0.2) is 48.7 Å². The van der Waals surface area contributed by atoms with Gasteiger partial charge in [0.2, 0.25) is 5.78 Å². The average Bonchev–Trinajstić information content (AvgIpc) is 3.28. The smallest absolute Gasteiger partial charge is 0.303 e. The highest BCUT2D eigenvalue weighted by molar-refractivity contribution is 6.35. The number of hydrogen-bond donors (Lipinski definition) is 0. The quantitative estimate of drug-likeness (QED) is 0.435. The van der Waals surface area contributed by atoms with Gasteiger partial charge in [-0.3, -0.25) is 19.2 Å². The second kappa shape index (κ2) is 9.89. The number of hydrogen-bond acceptors (Lipinski definition) is 10. The lowest BCUT2D eigenvalue weighted by atomic mass is 9.93. The fourth-order valence-corrected chi connectivity index (χ4v) is 3.48. The topological polar surface area (TPSA) is 136 Å². The Morgan fingerprint density at radius 3 is 2.59 bits per heavy atom. The second-order valence-corrected chi connectivity index (χ2v) is 7.54. The standard InChI is InChI=1S/C23H21N3O8/c1-13(27)31-12-21-20(33-14(2)28)7-8-22(34-21)32-11-15-10-26(25-24-15)18-9-19(29)16-5-3-4-6-17(16)23(18)30/h3-10,20-22H,11-12H2,1-2H3/t20-,21+,22-/m0/s1. The van der Waals surface area contributed by atoms with Crippen LogP contribution in [0.2, 0.25) is 0 Å². The van der Waals surface area contributed by atoms with Gasteiger partial charge in [-0.2, -0.15) is 0 Å². The number of ether oxygens (including phenoxy) is 4. The Morgan fingerprint density at radius 2 is 1.85 bits per heavy atom. The first-order chi connectivity index (χ1) is 16.3. The Balaban J connectivity index is 1.41. The number of carbonyl (C=O) groups excluding carboxylic acids is 4. The fourth-order valence-electron chi connectivity index (χ4n) is 3.48. The minimum atomic E-state index is -0.832. The molecule has 0 saturated carbocycles. The van der Waals surface area contributed by atoms with Crippen molar-refractivity contribution in [2.75, 3.05) is 6.61 Å². The molecule has 3 atom stereocenters. The first kappa shape index (κ1) is 23.2. The van der Waals surface area contributed by atoms with E-state index >= 15 is 0 Å². The van der Waals surface area contributed by atoms with Crippen LogP contribution >= 0.6 is 0 Å². The summed E-state index contributed by atoms with van der Waals surface area (Å²) in [5.74, 6) is -1.63. The molecule has 1 aromatic heterocycles. The SMILES string of the molecule is CC(=O)OC[C@H]1O[C@H](OCc2cn(C3=CC(=O)c4ccccc4C3=O)nn2)C=C[C@@H]1OC(C)=O. The van der Waals surface area contributed by atoms with Crippen LogP contribution in [0.25, 0.3) is 5.70 Å². The van der Waals surface area contributed by atoms with Crippen LogP contribution in [0, 0.1) is 0 Å². The first-order valence-corrected chi connectivity index (χ1v) is 10.4. The molecule has 176 valence electrons. The number of rotatable bonds is 7. The molecular weight excluding hydrogens is 446 g/mol. The lowest BCUT2D eigenvalue weighted by Crippen LogP contribution is -2.42. The maximum atomic E-state index is 12.8. The molecule has 1 aromatic carbocycles. The van der Waals surface area contributed by atoms with Crippen LogP contribution < -0.4 is 0 Å². The van der Waals surface area contributed by atoms with Crippen molar-refractivity contribution in [2.24, 2.45) is 0 Å². The van der Waals surface area contributed by atoms with Gasteiger partial charge in [-0.25, -0.2) is 4.68 Å². The molecule has 0 radical (unpaired) electrons. The molecule has 2 aromatic rings. The van der Waals surface area contributed by atoms with Crippen molar-refractivity contribution in [2.45, 2.75) is 39.0 Å². The van der Waals surface area contributed by atoms with Gasteiger partial charge in [-0.15, -0.1) is 5.10 Å². The molecule has 0 spiro atoms. The molecule has 0 fully saturated rings. The molecule has 2 heterocycles. The highest BCUT2D eigenvalue weighted by Crippen LogP contribution is 2.24. The van der Waals surface area contributed by atoms with Gasteiger partial charge in [0.15, 0.2) is 12.1 Å². The Hall–Kier alpha value is -3.96. The third kappa shape index (κ3) is 5.16. The largest absolute Gasteiger partial charge is 0.463 e. The van der Waals surface area contributed by atoms with E-state index in [9.17, 15) is 19.2 Å². The number of Topliss-reactive ketones (excluding diaryl/α,β-unsaturated/α-hetero) is 1. The van der Waals surface area contributed by atoms with Crippen LogP contribution in [0.4, 0.5) is 0 Å². The normalized spacial score (nSPS) is 21.6. The predicted molar refractivity (Wildman–Crippen MR) is 114 cm³/mol. The van der Waals surface area contributed by atoms with Crippen molar-refractivity contribution in [1.29, 1.82) is 0 Å². The predicted octanol–water partition coefficient (Wildman–Crippen LogP) is 1.49. The molecule has 2 aliphatic rings. The van der Waals surface area contributed by atoms with E-state index in [1.165, 1.54) is 30.8 Å². The van der Waals surface area contributed by atoms with Crippen molar-refractivity contribution in [3.05, 3.63) is 65.5 Å². The maximum Gasteiger partial charge on any atom is 0.303 e. The van der Waals surface area contributed by atoms with Gasteiger partial charge < -0.3 is 18.9 Å². The van der Waals surface area contributed by atoms with Crippen molar-refractivity contribution in [1.82, 2.24) is 15.0 Å². The van der Waals surface area contributed by atoms with Crippen molar-refractivity contribution in [3.63, 3.8) is 0 Å². The van der Waals surface area contributed by atoms with E-state index in [4.69, 9.17) is 18.9 Å². The molecule has 11 nitrogen and oxygen atoms in total.